The number of nitrogens with one attached hydrogen (secondary N) is 1. The van der Waals surface area contributed by atoms with Crippen molar-refractivity contribution in [2.24, 2.45) is 0 Å². The number of aliphatic hydroxyl groups is 1. The molecule has 0 aromatic carbocycles. The molecule has 9 heteroatoms. The number of aliphatic hydroxyl groups excluding tert-OH is 1. The van der Waals surface area contributed by atoms with Crippen molar-refractivity contribution in [3.8, 4) is 0 Å². The molecule has 0 radical (unpaired) electrons. The van der Waals surface area contributed by atoms with E-state index in [1.807, 2.05) is 23.9 Å². The first-order valence-corrected chi connectivity index (χ1v) is 8.40. The molecule has 1 fully saturated rings. The minimum atomic E-state index is -0.125. The average molecular weight is 336 g/mol. The van der Waals surface area contributed by atoms with Crippen LogP contribution in [-0.2, 0) is 6.61 Å². The van der Waals surface area contributed by atoms with Crippen LogP contribution in [0.15, 0.2) is 5.38 Å². The minimum Gasteiger partial charge on any atom is -0.389 e. The Morgan fingerprint density at radius 1 is 1.43 bits per heavy atom. The van der Waals surface area contributed by atoms with Gasteiger partial charge in [-0.15, -0.1) is 16.4 Å². The largest absolute Gasteiger partial charge is 0.389 e. The highest BCUT2D eigenvalue weighted by Gasteiger charge is 2.27. The minimum absolute atomic E-state index is 0.0639. The molecule has 0 saturated carbocycles. The van der Waals surface area contributed by atoms with Crippen LogP contribution in [0.4, 0.5) is 5.95 Å². The van der Waals surface area contributed by atoms with Crippen LogP contribution in [0.3, 0.4) is 0 Å². The fourth-order valence-corrected chi connectivity index (χ4v) is 3.27. The molecule has 0 spiro atoms. The number of piperidine rings is 1. The maximum absolute atomic E-state index is 12.4. The molecule has 0 bridgehead atoms. The predicted molar refractivity (Wildman–Crippen MR) is 86.6 cm³/mol. The van der Waals surface area contributed by atoms with Crippen molar-refractivity contribution < 1.29 is 9.90 Å². The molecule has 1 aliphatic rings. The van der Waals surface area contributed by atoms with Gasteiger partial charge in [0.15, 0.2) is 0 Å². The molecule has 1 amide bonds. The number of carbonyl (C=O) groups is 1. The molecule has 2 N–H and O–H groups in total. The third kappa shape index (κ3) is 3.35. The van der Waals surface area contributed by atoms with Gasteiger partial charge in [-0.2, -0.15) is 4.98 Å². The average Bonchev–Trinajstić information content (AvgIpc) is 3.23. The van der Waals surface area contributed by atoms with Crippen molar-refractivity contribution >= 4 is 23.2 Å². The van der Waals surface area contributed by atoms with Crippen LogP contribution >= 0.6 is 11.3 Å². The zero-order valence-corrected chi connectivity index (χ0v) is 14.0. The number of thiazole rings is 1. The number of hydrogen-bond donors (Lipinski definition) is 2. The van der Waals surface area contributed by atoms with Crippen LogP contribution in [-0.4, -0.2) is 63.3 Å². The highest BCUT2D eigenvalue weighted by Crippen LogP contribution is 2.27. The van der Waals surface area contributed by atoms with E-state index in [2.05, 4.69) is 20.2 Å². The summed E-state index contributed by atoms with van der Waals surface area (Å²) in [6, 6.07) is 0. The lowest BCUT2D eigenvalue weighted by Gasteiger charge is -2.30. The summed E-state index contributed by atoms with van der Waals surface area (Å²) in [5.74, 6) is 1.80. The number of likely N-dealkylation sites (tertiary alicyclic amines) is 1. The Hall–Kier alpha value is -2.00. The number of rotatable bonds is 4. The lowest BCUT2D eigenvalue weighted by Crippen LogP contribution is -2.38. The molecule has 3 heterocycles. The molecule has 124 valence electrons. The van der Waals surface area contributed by atoms with Gasteiger partial charge in [-0.3, -0.25) is 9.89 Å². The Kier molecular flexibility index (Phi) is 4.58. The maximum atomic E-state index is 12.4. The molecule has 1 aliphatic heterocycles. The van der Waals surface area contributed by atoms with Crippen LogP contribution in [0.2, 0.25) is 0 Å². The van der Waals surface area contributed by atoms with Gasteiger partial charge in [0.05, 0.1) is 6.61 Å². The van der Waals surface area contributed by atoms with Gasteiger partial charge in [0.1, 0.15) is 16.5 Å². The lowest BCUT2D eigenvalue weighted by atomic mass is 9.96. The summed E-state index contributed by atoms with van der Waals surface area (Å²) in [5, 5.41) is 18.5. The van der Waals surface area contributed by atoms with E-state index in [0.29, 0.717) is 35.7 Å². The second kappa shape index (κ2) is 6.63. The molecule has 3 rings (SSSR count). The molecule has 0 atom stereocenters. The monoisotopic (exact) mass is 336 g/mol. The Morgan fingerprint density at radius 3 is 2.74 bits per heavy atom. The van der Waals surface area contributed by atoms with Crippen molar-refractivity contribution in [2.75, 3.05) is 32.1 Å². The van der Waals surface area contributed by atoms with Crippen molar-refractivity contribution in [1.82, 2.24) is 25.1 Å². The fraction of sp³-hybridized carbons (Fsp3) is 0.571. The van der Waals surface area contributed by atoms with Gasteiger partial charge in [-0.1, -0.05) is 0 Å². The molecule has 23 heavy (non-hydrogen) atoms. The smallest absolute Gasteiger partial charge is 0.273 e. The molecule has 2 aromatic heterocycles. The first-order valence-electron chi connectivity index (χ1n) is 7.52. The number of hydrogen-bond acceptors (Lipinski definition) is 7. The molecule has 1 saturated heterocycles. The van der Waals surface area contributed by atoms with E-state index in [-0.39, 0.29) is 12.5 Å². The van der Waals surface area contributed by atoms with E-state index in [1.165, 1.54) is 11.3 Å². The van der Waals surface area contributed by atoms with Crippen molar-refractivity contribution in [2.45, 2.75) is 25.4 Å². The highest BCUT2D eigenvalue weighted by atomic mass is 32.1. The summed E-state index contributed by atoms with van der Waals surface area (Å²) in [6.07, 6.45) is 1.70. The van der Waals surface area contributed by atoms with E-state index in [9.17, 15) is 4.79 Å². The summed E-state index contributed by atoms with van der Waals surface area (Å²) >= 11 is 1.31. The number of anilines is 1. The number of carbonyl (C=O) groups excluding carboxylic acids is 1. The van der Waals surface area contributed by atoms with Gasteiger partial charge in [0, 0.05) is 38.5 Å². The third-order valence-electron chi connectivity index (χ3n) is 3.97. The van der Waals surface area contributed by atoms with Gasteiger partial charge in [-0.05, 0) is 12.8 Å². The molecule has 0 aliphatic carbocycles. The first-order chi connectivity index (χ1) is 11.1. The molecule has 2 aromatic rings. The number of H-pyrrole nitrogens is 1. The molecule has 8 nitrogen and oxygen atoms in total. The summed E-state index contributed by atoms with van der Waals surface area (Å²) in [4.78, 5) is 24.7. The fourth-order valence-electron chi connectivity index (χ4n) is 2.65. The Labute approximate surface area is 138 Å². The number of nitrogens with zero attached hydrogens (tertiary/aromatic N) is 5. The number of aromatic amines is 1. The van der Waals surface area contributed by atoms with Gasteiger partial charge in [0.2, 0.25) is 5.95 Å². The topological polar surface area (TPSA) is 98.2 Å². The van der Waals surface area contributed by atoms with E-state index in [1.54, 1.807) is 5.38 Å². The Balaban J connectivity index is 1.60. The van der Waals surface area contributed by atoms with Crippen LogP contribution in [0.1, 0.15) is 40.1 Å². The van der Waals surface area contributed by atoms with Crippen LogP contribution in [0, 0.1) is 0 Å². The third-order valence-corrected chi connectivity index (χ3v) is 4.80. The van der Waals surface area contributed by atoms with E-state index < -0.39 is 0 Å². The number of amides is 1. The van der Waals surface area contributed by atoms with Gasteiger partial charge >= 0.3 is 0 Å². The molecular formula is C14H20N6O2S. The van der Waals surface area contributed by atoms with E-state index in [4.69, 9.17) is 5.11 Å². The van der Waals surface area contributed by atoms with Crippen molar-refractivity contribution in [3.05, 3.63) is 21.9 Å². The maximum Gasteiger partial charge on any atom is 0.273 e. The van der Waals surface area contributed by atoms with Crippen LogP contribution in [0.25, 0.3) is 0 Å². The standard InChI is InChI=1S/C14H20N6O2S/c1-19(2)14-16-12(17-18-14)9-3-5-20(6-4-9)13(22)10-8-23-11(7-21)15-10/h8-9,21H,3-7H2,1-2H3,(H,16,17,18). The van der Waals surface area contributed by atoms with Crippen molar-refractivity contribution in [1.29, 1.82) is 0 Å². The zero-order valence-electron chi connectivity index (χ0n) is 13.2. The predicted octanol–water partition coefficient (Wildman–Crippen LogP) is 0.839. The van der Waals surface area contributed by atoms with Gasteiger partial charge in [-0.25, -0.2) is 4.98 Å². The SMILES string of the molecule is CN(C)c1n[nH]c(C2CCN(C(=O)c3csc(CO)n3)CC2)n1. The van der Waals surface area contributed by atoms with Crippen molar-refractivity contribution in [3.63, 3.8) is 0 Å². The van der Waals surface area contributed by atoms with Gasteiger partial charge < -0.3 is 14.9 Å². The Morgan fingerprint density at radius 2 is 2.17 bits per heavy atom. The van der Waals surface area contributed by atoms with E-state index >= 15 is 0 Å². The summed E-state index contributed by atoms with van der Waals surface area (Å²) in [5.41, 5.74) is 0.423. The summed E-state index contributed by atoms with van der Waals surface area (Å²) < 4.78 is 0. The Bertz CT molecular complexity index is 674. The normalized spacial score (nSPS) is 15.9. The molecule has 0 unspecified atom stereocenters. The molecular weight excluding hydrogens is 316 g/mol. The van der Waals surface area contributed by atoms with Crippen LogP contribution < -0.4 is 4.90 Å². The summed E-state index contributed by atoms with van der Waals surface area (Å²) in [6.45, 7) is 1.22. The second-order valence-electron chi connectivity index (χ2n) is 5.77. The number of aromatic nitrogens is 4. The second-order valence-corrected chi connectivity index (χ2v) is 6.71. The quantitative estimate of drug-likeness (QED) is 0.858. The highest BCUT2D eigenvalue weighted by molar-refractivity contribution is 7.09. The van der Waals surface area contributed by atoms with Crippen LogP contribution in [0.5, 0.6) is 0 Å². The lowest BCUT2D eigenvalue weighted by molar-refractivity contribution is 0.0705. The zero-order chi connectivity index (χ0) is 16.4. The van der Waals surface area contributed by atoms with E-state index in [0.717, 1.165) is 18.7 Å². The summed E-state index contributed by atoms with van der Waals surface area (Å²) in [7, 11) is 3.81. The van der Waals surface area contributed by atoms with Gasteiger partial charge in [0.25, 0.3) is 5.91 Å². The first kappa shape index (κ1) is 15.9.